The second kappa shape index (κ2) is 5.90. The molecule has 0 saturated heterocycles. The summed E-state index contributed by atoms with van der Waals surface area (Å²) in [5.74, 6) is -1.22. The maximum atomic E-state index is 13.0. The molecule has 1 aromatic rings. The fourth-order valence-corrected chi connectivity index (χ4v) is 1.64. The normalized spacial score (nSPS) is 11.1. The molecule has 110 valence electrons. The lowest BCUT2D eigenvalue weighted by molar-refractivity contribution is -0.122. The second-order valence-electron chi connectivity index (χ2n) is 5.70. The van der Waals surface area contributed by atoms with Gasteiger partial charge < -0.3 is 16.0 Å². The van der Waals surface area contributed by atoms with E-state index in [-0.39, 0.29) is 35.1 Å². The van der Waals surface area contributed by atoms with Gasteiger partial charge in [-0.25, -0.2) is 4.39 Å². The lowest BCUT2D eigenvalue weighted by Crippen LogP contribution is -2.46. The summed E-state index contributed by atoms with van der Waals surface area (Å²) in [6.07, 6.45) is 0. The van der Waals surface area contributed by atoms with Crippen LogP contribution in [0.2, 0.25) is 0 Å². The molecule has 0 atom stereocenters. The minimum absolute atomic E-state index is 0.0760. The van der Waals surface area contributed by atoms with Crippen molar-refractivity contribution in [3.05, 3.63) is 29.6 Å². The Morgan fingerprint density at radius 1 is 1.35 bits per heavy atom. The van der Waals surface area contributed by atoms with Gasteiger partial charge >= 0.3 is 0 Å². The molecular formula is C14H20FN3O2. The molecule has 0 radical (unpaired) electrons. The van der Waals surface area contributed by atoms with Gasteiger partial charge in [0.25, 0.3) is 5.91 Å². The van der Waals surface area contributed by atoms with Gasteiger partial charge in [-0.3, -0.25) is 9.59 Å². The highest BCUT2D eigenvalue weighted by molar-refractivity contribution is 5.97. The van der Waals surface area contributed by atoms with Crippen molar-refractivity contribution in [2.75, 3.05) is 19.3 Å². The number of carbonyl (C=O) groups excluding carboxylic acids is 2. The number of nitrogens with one attached hydrogen (secondary N) is 1. The van der Waals surface area contributed by atoms with Crippen molar-refractivity contribution in [3.63, 3.8) is 0 Å². The average Bonchev–Trinajstić information content (AvgIpc) is 2.29. The number of hydrogen-bond donors (Lipinski definition) is 2. The minimum atomic E-state index is -0.574. The Labute approximate surface area is 117 Å². The summed E-state index contributed by atoms with van der Waals surface area (Å²) < 4.78 is 13.0. The third-order valence-corrected chi connectivity index (χ3v) is 2.48. The highest BCUT2D eigenvalue weighted by Gasteiger charge is 2.19. The number of hydrogen-bond acceptors (Lipinski definition) is 3. The molecule has 1 rings (SSSR count). The van der Waals surface area contributed by atoms with Crippen molar-refractivity contribution in [1.29, 1.82) is 0 Å². The number of nitrogen functional groups attached to an aromatic ring is 1. The van der Waals surface area contributed by atoms with Crippen LogP contribution >= 0.6 is 0 Å². The van der Waals surface area contributed by atoms with Crippen LogP contribution < -0.4 is 11.1 Å². The summed E-state index contributed by atoms with van der Waals surface area (Å²) in [6, 6.07) is 3.73. The summed E-state index contributed by atoms with van der Waals surface area (Å²) in [5, 5.41) is 2.76. The van der Waals surface area contributed by atoms with Crippen LogP contribution in [0, 0.1) is 5.82 Å². The number of likely N-dealkylation sites (N-methyl/N-ethyl adjacent to an activating group) is 1. The third-order valence-electron chi connectivity index (χ3n) is 2.48. The number of amides is 2. The molecule has 0 unspecified atom stereocenters. The quantitative estimate of drug-likeness (QED) is 0.822. The molecule has 0 aromatic heterocycles. The predicted molar refractivity (Wildman–Crippen MR) is 75.7 cm³/mol. The summed E-state index contributed by atoms with van der Waals surface area (Å²) >= 11 is 0. The van der Waals surface area contributed by atoms with E-state index >= 15 is 0 Å². The van der Waals surface area contributed by atoms with Crippen molar-refractivity contribution >= 4 is 17.5 Å². The van der Waals surface area contributed by atoms with E-state index in [1.807, 2.05) is 20.8 Å². The van der Waals surface area contributed by atoms with Crippen molar-refractivity contribution in [2.45, 2.75) is 26.3 Å². The first kappa shape index (κ1) is 15.9. The maximum absolute atomic E-state index is 13.0. The highest BCUT2D eigenvalue weighted by atomic mass is 19.1. The molecule has 5 nitrogen and oxygen atoms in total. The van der Waals surface area contributed by atoms with E-state index in [0.29, 0.717) is 0 Å². The van der Waals surface area contributed by atoms with E-state index in [1.165, 1.54) is 24.1 Å². The predicted octanol–water partition coefficient (Wildman–Crippen LogP) is 1.39. The molecule has 0 spiro atoms. The van der Waals surface area contributed by atoms with Crippen LogP contribution in [0.5, 0.6) is 0 Å². The number of nitrogens with two attached hydrogens (primary N) is 1. The molecule has 1 aromatic carbocycles. The smallest absolute Gasteiger partial charge is 0.254 e. The molecule has 0 fully saturated rings. The van der Waals surface area contributed by atoms with Gasteiger partial charge in [0.2, 0.25) is 5.91 Å². The highest BCUT2D eigenvalue weighted by Crippen LogP contribution is 2.13. The summed E-state index contributed by atoms with van der Waals surface area (Å²) in [4.78, 5) is 25.1. The van der Waals surface area contributed by atoms with E-state index in [9.17, 15) is 14.0 Å². The van der Waals surface area contributed by atoms with E-state index < -0.39 is 5.82 Å². The van der Waals surface area contributed by atoms with Gasteiger partial charge in [0, 0.05) is 18.2 Å². The monoisotopic (exact) mass is 281 g/mol. The molecule has 20 heavy (non-hydrogen) atoms. The molecular weight excluding hydrogens is 261 g/mol. The molecule has 3 N–H and O–H groups in total. The third kappa shape index (κ3) is 4.53. The zero-order chi connectivity index (χ0) is 15.5. The Hall–Kier alpha value is -2.11. The lowest BCUT2D eigenvalue weighted by Gasteiger charge is -2.23. The molecule has 0 bridgehead atoms. The first-order valence-electron chi connectivity index (χ1n) is 6.21. The van der Waals surface area contributed by atoms with Gasteiger partial charge in [-0.05, 0) is 39.0 Å². The van der Waals surface area contributed by atoms with Crippen LogP contribution in [-0.4, -0.2) is 35.8 Å². The molecule has 0 saturated carbocycles. The number of halogens is 1. The van der Waals surface area contributed by atoms with E-state index in [0.717, 1.165) is 6.07 Å². The summed E-state index contributed by atoms with van der Waals surface area (Å²) in [7, 11) is 1.50. The van der Waals surface area contributed by atoms with Crippen molar-refractivity contribution in [3.8, 4) is 0 Å². The van der Waals surface area contributed by atoms with Gasteiger partial charge in [-0.2, -0.15) is 0 Å². The van der Waals surface area contributed by atoms with Gasteiger partial charge in [-0.15, -0.1) is 0 Å². The number of rotatable bonds is 3. The number of benzene rings is 1. The SMILES string of the molecule is CN(CC(=O)NC(C)(C)C)C(=O)c1ccc(F)c(N)c1. The maximum Gasteiger partial charge on any atom is 0.254 e. The molecule has 0 aliphatic rings. The Bertz CT molecular complexity index is 524. The first-order chi connectivity index (χ1) is 9.10. The van der Waals surface area contributed by atoms with Crippen LogP contribution in [0.25, 0.3) is 0 Å². The molecule has 2 amide bonds. The number of anilines is 1. The fraction of sp³-hybridized carbons (Fsp3) is 0.429. The Kier molecular flexibility index (Phi) is 4.70. The zero-order valence-corrected chi connectivity index (χ0v) is 12.2. The van der Waals surface area contributed by atoms with Gasteiger partial charge in [-0.1, -0.05) is 0 Å². The van der Waals surface area contributed by atoms with Gasteiger partial charge in [0.15, 0.2) is 0 Å². The summed E-state index contributed by atoms with van der Waals surface area (Å²) in [6.45, 7) is 5.49. The number of carbonyl (C=O) groups is 2. The van der Waals surface area contributed by atoms with Crippen LogP contribution in [-0.2, 0) is 4.79 Å². The number of nitrogens with zero attached hydrogens (tertiary/aromatic N) is 1. The molecule has 6 heteroatoms. The lowest BCUT2D eigenvalue weighted by atomic mass is 10.1. The fourth-order valence-electron chi connectivity index (χ4n) is 1.64. The standard InChI is InChI=1S/C14H20FN3O2/c1-14(2,3)17-12(19)8-18(4)13(20)9-5-6-10(15)11(16)7-9/h5-7H,8,16H2,1-4H3,(H,17,19). The van der Waals surface area contributed by atoms with Gasteiger partial charge in [0.05, 0.1) is 12.2 Å². The minimum Gasteiger partial charge on any atom is -0.396 e. The van der Waals surface area contributed by atoms with Crippen molar-refractivity contribution in [2.24, 2.45) is 0 Å². The Morgan fingerprint density at radius 2 is 1.95 bits per heavy atom. The summed E-state index contributed by atoms with van der Waals surface area (Å²) in [5.41, 5.74) is 5.21. The van der Waals surface area contributed by atoms with Crippen molar-refractivity contribution in [1.82, 2.24) is 10.2 Å². The Balaban J connectivity index is 2.72. The molecule has 0 heterocycles. The second-order valence-corrected chi connectivity index (χ2v) is 5.70. The van der Waals surface area contributed by atoms with E-state index in [2.05, 4.69) is 5.32 Å². The first-order valence-corrected chi connectivity index (χ1v) is 6.21. The zero-order valence-electron chi connectivity index (χ0n) is 12.2. The topological polar surface area (TPSA) is 75.4 Å². The van der Waals surface area contributed by atoms with Crippen LogP contribution in [0.3, 0.4) is 0 Å². The average molecular weight is 281 g/mol. The van der Waals surface area contributed by atoms with Gasteiger partial charge in [0.1, 0.15) is 5.82 Å². The van der Waals surface area contributed by atoms with Crippen LogP contribution in [0.1, 0.15) is 31.1 Å². The molecule has 0 aliphatic heterocycles. The molecule has 0 aliphatic carbocycles. The van der Waals surface area contributed by atoms with Crippen molar-refractivity contribution < 1.29 is 14.0 Å². The Morgan fingerprint density at radius 3 is 2.45 bits per heavy atom. The van der Waals surface area contributed by atoms with Crippen LogP contribution in [0.4, 0.5) is 10.1 Å². The largest absolute Gasteiger partial charge is 0.396 e. The van der Waals surface area contributed by atoms with E-state index in [1.54, 1.807) is 0 Å². The van der Waals surface area contributed by atoms with Crippen LogP contribution in [0.15, 0.2) is 18.2 Å². The van der Waals surface area contributed by atoms with E-state index in [4.69, 9.17) is 5.73 Å².